The van der Waals surface area contributed by atoms with Gasteiger partial charge in [0, 0.05) is 32.0 Å². The van der Waals surface area contributed by atoms with Crippen molar-refractivity contribution < 1.29 is 14.4 Å². The summed E-state index contributed by atoms with van der Waals surface area (Å²) in [5.41, 5.74) is 0.850. The van der Waals surface area contributed by atoms with Gasteiger partial charge in [-0.25, -0.2) is 9.97 Å². The molecule has 0 N–H and O–H groups in total. The van der Waals surface area contributed by atoms with E-state index in [9.17, 15) is 14.4 Å². The standard InChI is InChI=1S/C15H19N5O3S/c1-10-3-4-16-15(17-10)24-9-13(22)19-5-6-20-11(7-19)14(23)18(2)8-12(20)21/h3-4,11H,5-9H2,1-2H3/t11-/m0/s1. The van der Waals surface area contributed by atoms with Crippen molar-refractivity contribution in [2.24, 2.45) is 0 Å². The van der Waals surface area contributed by atoms with Gasteiger partial charge < -0.3 is 14.7 Å². The molecule has 3 rings (SSSR count). The van der Waals surface area contributed by atoms with Crippen LogP contribution in [-0.4, -0.2) is 87.4 Å². The second kappa shape index (κ2) is 6.76. The maximum Gasteiger partial charge on any atom is 0.247 e. The van der Waals surface area contributed by atoms with E-state index in [-0.39, 0.29) is 36.6 Å². The van der Waals surface area contributed by atoms with Crippen molar-refractivity contribution in [3.63, 3.8) is 0 Å². The lowest BCUT2D eigenvalue weighted by molar-refractivity contribution is -0.160. The molecule has 3 amide bonds. The van der Waals surface area contributed by atoms with Crippen LogP contribution in [0.5, 0.6) is 0 Å². The van der Waals surface area contributed by atoms with Gasteiger partial charge in [-0.05, 0) is 13.0 Å². The number of aromatic nitrogens is 2. The minimum absolute atomic E-state index is 0.0586. The van der Waals surface area contributed by atoms with Crippen LogP contribution in [-0.2, 0) is 14.4 Å². The second-order valence-electron chi connectivity index (χ2n) is 5.91. The molecule has 2 fully saturated rings. The summed E-state index contributed by atoms with van der Waals surface area (Å²) in [7, 11) is 1.61. The van der Waals surface area contributed by atoms with E-state index in [0.29, 0.717) is 18.2 Å². The van der Waals surface area contributed by atoms with Crippen LogP contribution in [0, 0.1) is 6.92 Å². The molecule has 2 saturated heterocycles. The lowest BCUT2D eigenvalue weighted by atomic mass is 10.1. The Kier molecular flexibility index (Phi) is 4.70. The van der Waals surface area contributed by atoms with Crippen LogP contribution in [0.3, 0.4) is 0 Å². The van der Waals surface area contributed by atoms with E-state index in [2.05, 4.69) is 9.97 Å². The quantitative estimate of drug-likeness (QED) is 0.534. The Balaban J connectivity index is 1.60. The predicted molar refractivity (Wildman–Crippen MR) is 87.2 cm³/mol. The van der Waals surface area contributed by atoms with E-state index < -0.39 is 6.04 Å². The first-order chi connectivity index (χ1) is 11.5. The third-order valence-corrected chi connectivity index (χ3v) is 5.03. The number of piperazine rings is 2. The van der Waals surface area contributed by atoms with Gasteiger partial charge in [-0.3, -0.25) is 14.4 Å². The Morgan fingerprint density at radius 2 is 2.17 bits per heavy atom. The van der Waals surface area contributed by atoms with Gasteiger partial charge in [0.15, 0.2) is 5.16 Å². The van der Waals surface area contributed by atoms with Gasteiger partial charge >= 0.3 is 0 Å². The zero-order valence-electron chi connectivity index (χ0n) is 13.6. The molecule has 1 aromatic rings. The maximum absolute atomic E-state index is 12.4. The molecule has 128 valence electrons. The Labute approximate surface area is 144 Å². The zero-order chi connectivity index (χ0) is 17.3. The smallest absolute Gasteiger partial charge is 0.247 e. The average molecular weight is 349 g/mol. The SMILES string of the molecule is Cc1ccnc(SCC(=O)N2CCN3C(=O)CN(C)C(=O)[C@@H]3C2)n1. The van der Waals surface area contributed by atoms with Crippen molar-refractivity contribution in [1.29, 1.82) is 0 Å². The van der Waals surface area contributed by atoms with Gasteiger partial charge in [0.25, 0.3) is 0 Å². The molecule has 0 unspecified atom stereocenters. The van der Waals surface area contributed by atoms with Crippen molar-refractivity contribution in [1.82, 2.24) is 24.7 Å². The summed E-state index contributed by atoms with van der Waals surface area (Å²) >= 11 is 1.28. The van der Waals surface area contributed by atoms with Gasteiger partial charge in [0.1, 0.15) is 6.04 Å². The van der Waals surface area contributed by atoms with Crippen molar-refractivity contribution >= 4 is 29.5 Å². The maximum atomic E-state index is 12.4. The summed E-state index contributed by atoms with van der Waals surface area (Å²) in [5.74, 6) is -0.0227. The van der Waals surface area contributed by atoms with E-state index in [4.69, 9.17) is 0 Å². The van der Waals surface area contributed by atoms with E-state index >= 15 is 0 Å². The highest BCUT2D eigenvalue weighted by Gasteiger charge is 2.42. The number of hydrogen-bond acceptors (Lipinski definition) is 6. The molecule has 0 aliphatic carbocycles. The van der Waals surface area contributed by atoms with E-state index in [1.165, 1.54) is 16.7 Å². The van der Waals surface area contributed by atoms with Gasteiger partial charge in [0.2, 0.25) is 17.7 Å². The van der Waals surface area contributed by atoms with Crippen LogP contribution in [0.1, 0.15) is 5.69 Å². The first kappa shape index (κ1) is 16.7. The van der Waals surface area contributed by atoms with Crippen LogP contribution >= 0.6 is 11.8 Å². The molecule has 0 bridgehead atoms. The highest BCUT2D eigenvalue weighted by molar-refractivity contribution is 7.99. The van der Waals surface area contributed by atoms with Crippen LogP contribution in [0.25, 0.3) is 0 Å². The summed E-state index contributed by atoms with van der Waals surface area (Å²) in [5, 5.41) is 0.561. The van der Waals surface area contributed by atoms with Crippen molar-refractivity contribution in [2.75, 3.05) is 39.0 Å². The molecule has 0 saturated carbocycles. The van der Waals surface area contributed by atoms with Gasteiger partial charge in [0.05, 0.1) is 18.8 Å². The number of rotatable bonds is 3. The summed E-state index contributed by atoms with van der Waals surface area (Å²) < 4.78 is 0. The molecule has 24 heavy (non-hydrogen) atoms. The summed E-state index contributed by atoms with van der Waals surface area (Å²) in [4.78, 5) is 49.7. The van der Waals surface area contributed by atoms with Crippen LogP contribution in [0.2, 0.25) is 0 Å². The van der Waals surface area contributed by atoms with Gasteiger partial charge in [-0.15, -0.1) is 0 Å². The Bertz CT molecular complexity index is 683. The summed E-state index contributed by atoms with van der Waals surface area (Å²) in [6.07, 6.45) is 1.66. The van der Waals surface area contributed by atoms with Crippen molar-refractivity contribution in [3.05, 3.63) is 18.0 Å². The average Bonchev–Trinajstić information content (AvgIpc) is 2.57. The highest BCUT2D eigenvalue weighted by Crippen LogP contribution is 2.19. The van der Waals surface area contributed by atoms with E-state index in [1.54, 1.807) is 29.1 Å². The van der Waals surface area contributed by atoms with Gasteiger partial charge in [-0.1, -0.05) is 11.8 Å². The number of thioether (sulfide) groups is 1. The number of likely N-dealkylation sites (N-methyl/N-ethyl adjacent to an activating group) is 1. The molecule has 2 aliphatic rings. The molecular weight excluding hydrogens is 330 g/mol. The number of hydrogen-bond donors (Lipinski definition) is 0. The Morgan fingerprint density at radius 3 is 2.92 bits per heavy atom. The molecule has 9 heteroatoms. The minimum Gasteiger partial charge on any atom is -0.338 e. The largest absolute Gasteiger partial charge is 0.338 e. The number of carbonyl (C=O) groups is 3. The van der Waals surface area contributed by atoms with Crippen molar-refractivity contribution in [2.45, 2.75) is 18.1 Å². The normalized spacial score (nSPS) is 21.1. The fourth-order valence-corrected chi connectivity index (χ4v) is 3.64. The number of fused-ring (bicyclic) bond motifs is 1. The van der Waals surface area contributed by atoms with Crippen LogP contribution < -0.4 is 0 Å². The monoisotopic (exact) mass is 349 g/mol. The lowest BCUT2D eigenvalue weighted by Gasteiger charge is -2.45. The third-order valence-electron chi connectivity index (χ3n) is 4.18. The molecule has 2 aliphatic heterocycles. The highest BCUT2D eigenvalue weighted by atomic mass is 32.2. The first-order valence-corrected chi connectivity index (χ1v) is 8.69. The minimum atomic E-state index is -0.561. The molecule has 1 aromatic heterocycles. The summed E-state index contributed by atoms with van der Waals surface area (Å²) in [6, 6.07) is 1.24. The molecule has 1 atom stereocenters. The molecule has 8 nitrogen and oxygen atoms in total. The topological polar surface area (TPSA) is 86.7 Å². The van der Waals surface area contributed by atoms with Crippen LogP contribution in [0.4, 0.5) is 0 Å². The fraction of sp³-hybridized carbons (Fsp3) is 0.533. The Morgan fingerprint density at radius 1 is 1.38 bits per heavy atom. The van der Waals surface area contributed by atoms with Crippen molar-refractivity contribution in [3.8, 4) is 0 Å². The molecule has 3 heterocycles. The van der Waals surface area contributed by atoms with E-state index in [1.807, 2.05) is 6.92 Å². The molecule has 0 spiro atoms. The van der Waals surface area contributed by atoms with Gasteiger partial charge in [-0.2, -0.15) is 0 Å². The number of carbonyl (C=O) groups excluding carboxylic acids is 3. The molecule has 0 radical (unpaired) electrons. The van der Waals surface area contributed by atoms with Crippen LogP contribution in [0.15, 0.2) is 17.4 Å². The first-order valence-electron chi connectivity index (χ1n) is 7.70. The Hall–Kier alpha value is -2.16. The predicted octanol–water partition coefficient (Wildman–Crippen LogP) is -0.611. The molecular formula is C15H19N5O3S. The number of aryl methyl sites for hydroxylation is 1. The fourth-order valence-electron chi connectivity index (χ4n) is 2.86. The van der Waals surface area contributed by atoms with E-state index in [0.717, 1.165) is 5.69 Å². The third kappa shape index (κ3) is 3.35. The number of nitrogens with zero attached hydrogens (tertiary/aromatic N) is 5. The second-order valence-corrected chi connectivity index (χ2v) is 6.85. The molecule has 0 aromatic carbocycles. The lowest BCUT2D eigenvalue weighted by Crippen LogP contribution is -2.66. The number of amides is 3. The zero-order valence-corrected chi connectivity index (χ0v) is 14.5. The summed E-state index contributed by atoms with van der Waals surface area (Å²) in [6.45, 7) is 3.09.